The second-order valence-electron chi connectivity index (χ2n) is 21.2. The number of aliphatic hydroxyl groups is 2. The van der Waals surface area contributed by atoms with Gasteiger partial charge in [0.05, 0.1) is 19.3 Å². The van der Waals surface area contributed by atoms with Crippen LogP contribution in [0.1, 0.15) is 120 Å². The third-order valence-corrected chi connectivity index (χ3v) is 14.9. The van der Waals surface area contributed by atoms with Crippen molar-refractivity contribution in [1.82, 2.24) is 58.5 Å². The molecule has 16 atom stereocenters. The molecule has 0 aliphatic carbocycles. The van der Waals surface area contributed by atoms with Gasteiger partial charge in [-0.3, -0.25) is 52.7 Å². The van der Waals surface area contributed by atoms with Crippen LogP contribution in [0.2, 0.25) is 0 Å². The molecular formula is C55H90N12O15. The highest BCUT2D eigenvalue weighted by atomic mass is 16.5. The van der Waals surface area contributed by atoms with Crippen LogP contribution < -0.4 is 64.2 Å². The zero-order chi connectivity index (χ0) is 62.1. The molecule has 15 N–H and O–H groups in total. The first-order valence-electron chi connectivity index (χ1n) is 28.1. The van der Waals surface area contributed by atoms with Crippen molar-refractivity contribution in [3.05, 3.63) is 35.9 Å². The van der Waals surface area contributed by atoms with Crippen LogP contribution in [-0.2, 0) is 68.7 Å². The second-order valence-corrected chi connectivity index (χ2v) is 21.2. The van der Waals surface area contributed by atoms with E-state index in [-0.39, 0.29) is 12.8 Å². The van der Waals surface area contributed by atoms with Crippen LogP contribution in [0.15, 0.2) is 30.3 Å². The van der Waals surface area contributed by atoms with Crippen molar-refractivity contribution in [3.8, 4) is 0 Å². The molecule has 2 rings (SSSR count). The number of hydrogen-bond acceptors (Lipinski definition) is 16. The lowest BCUT2D eigenvalue weighted by molar-refractivity contribution is -0.157. The third-order valence-electron chi connectivity index (χ3n) is 14.9. The van der Waals surface area contributed by atoms with Gasteiger partial charge in [0.2, 0.25) is 65.0 Å². The summed E-state index contributed by atoms with van der Waals surface area (Å²) in [6.45, 7) is 15.5. The molecule has 0 unspecified atom stereocenters. The maximum Gasteiger partial charge on any atom is 0.329 e. The van der Waals surface area contributed by atoms with Crippen molar-refractivity contribution in [2.75, 3.05) is 20.3 Å². The van der Waals surface area contributed by atoms with E-state index in [0.29, 0.717) is 19.3 Å². The fourth-order valence-electron chi connectivity index (χ4n) is 8.47. The molecule has 1 fully saturated rings. The third kappa shape index (κ3) is 21.6. The van der Waals surface area contributed by atoms with E-state index in [4.69, 9.17) is 10.5 Å². The summed E-state index contributed by atoms with van der Waals surface area (Å²) in [6, 6.07) is -6.00. The number of amides is 11. The van der Waals surface area contributed by atoms with E-state index in [0.717, 1.165) is 5.56 Å². The van der Waals surface area contributed by atoms with Crippen molar-refractivity contribution >= 4 is 70.9 Å². The number of likely N-dealkylation sites (N-methyl/N-ethyl adjacent to an activating group) is 1. The van der Waals surface area contributed by atoms with Crippen LogP contribution in [-0.4, -0.2) is 174 Å². The van der Waals surface area contributed by atoms with Gasteiger partial charge in [-0.1, -0.05) is 111 Å². The van der Waals surface area contributed by atoms with Gasteiger partial charge in [-0.2, -0.15) is 0 Å². The van der Waals surface area contributed by atoms with Crippen LogP contribution in [0.4, 0.5) is 0 Å². The largest absolute Gasteiger partial charge is 0.458 e. The maximum absolute atomic E-state index is 14.3. The number of carbonyl (C=O) groups excluding carboxylic acids is 12. The number of primary amides is 1. The van der Waals surface area contributed by atoms with Crippen LogP contribution in [0.5, 0.6) is 0 Å². The van der Waals surface area contributed by atoms with E-state index in [1.165, 1.54) is 20.8 Å². The summed E-state index contributed by atoms with van der Waals surface area (Å²) in [6.07, 6.45) is -0.625. The van der Waals surface area contributed by atoms with Crippen molar-refractivity contribution in [1.29, 1.82) is 0 Å². The fraction of sp³-hybridized carbons (Fsp3) is 0.673. The van der Waals surface area contributed by atoms with Gasteiger partial charge in [0.25, 0.3) is 0 Å². The maximum atomic E-state index is 14.3. The summed E-state index contributed by atoms with van der Waals surface area (Å²) in [4.78, 5) is 163. The molecule has 1 aliphatic heterocycles. The fourth-order valence-corrected chi connectivity index (χ4v) is 8.47. The lowest BCUT2D eigenvalue weighted by atomic mass is 9.94. The molecule has 11 amide bonds. The van der Waals surface area contributed by atoms with Crippen LogP contribution >= 0.6 is 0 Å². The Morgan fingerprint density at radius 1 is 0.561 bits per heavy atom. The lowest BCUT2D eigenvalue weighted by Gasteiger charge is -2.31. The summed E-state index contributed by atoms with van der Waals surface area (Å²) in [7, 11) is 1.60. The Labute approximate surface area is 479 Å². The number of cyclic esters (lactones) is 1. The average Bonchev–Trinajstić information content (AvgIpc) is 3.58. The molecule has 1 heterocycles. The second kappa shape index (κ2) is 34.9. The number of esters is 1. The molecule has 1 saturated heterocycles. The molecule has 27 heteroatoms. The van der Waals surface area contributed by atoms with E-state index in [1.807, 2.05) is 30.3 Å². The number of ether oxygens (including phenoxy) is 1. The number of rotatable bonds is 30. The minimum absolute atomic E-state index is 0.265. The van der Waals surface area contributed by atoms with Crippen molar-refractivity contribution in [2.24, 2.45) is 29.4 Å². The molecule has 0 bridgehead atoms. The van der Waals surface area contributed by atoms with Crippen LogP contribution in [0.25, 0.3) is 0 Å². The van der Waals surface area contributed by atoms with E-state index in [9.17, 15) is 67.7 Å². The summed E-state index contributed by atoms with van der Waals surface area (Å²) in [5, 5.41) is 48.9. The summed E-state index contributed by atoms with van der Waals surface area (Å²) < 4.78 is 5.63. The predicted molar refractivity (Wildman–Crippen MR) is 300 cm³/mol. The Morgan fingerprint density at radius 3 is 1.43 bits per heavy atom. The van der Waals surface area contributed by atoms with Gasteiger partial charge in [0.15, 0.2) is 0 Å². The molecule has 0 radical (unpaired) electrons. The minimum atomic E-state index is -1.80. The molecule has 0 aromatic heterocycles. The first-order chi connectivity index (χ1) is 38.6. The molecule has 0 spiro atoms. The minimum Gasteiger partial charge on any atom is -0.458 e. The van der Waals surface area contributed by atoms with Gasteiger partial charge in [-0.15, -0.1) is 0 Å². The van der Waals surface area contributed by atoms with Gasteiger partial charge in [0, 0.05) is 6.42 Å². The van der Waals surface area contributed by atoms with Crippen molar-refractivity contribution < 1.29 is 72.5 Å². The molecule has 27 nitrogen and oxygen atoms in total. The zero-order valence-electron chi connectivity index (χ0n) is 49.3. The topological polar surface area (TPSA) is 413 Å². The smallest absolute Gasteiger partial charge is 0.329 e. The molecule has 1 aliphatic rings. The lowest BCUT2D eigenvalue weighted by Crippen LogP contribution is -2.63. The van der Waals surface area contributed by atoms with E-state index in [1.54, 1.807) is 62.4 Å². The van der Waals surface area contributed by atoms with Gasteiger partial charge < -0.3 is 79.2 Å². The van der Waals surface area contributed by atoms with E-state index < -0.39 is 193 Å². The summed E-state index contributed by atoms with van der Waals surface area (Å²) in [5.41, 5.74) is 6.29. The highest BCUT2D eigenvalue weighted by Gasteiger charge is 2.40. The van der Waals surface area contributed by atoms with Crippen molar-refractivity contribution in [3.63, 3.8) is 0 Å². The summed E-state index contributed by atoms with van der Waals surface area (Å²) in [5.74, 6) is -12.9. The van der Waals surface area contributed by atoms with Gasteiger partial charge in [-0.05, 0) is 69.9 Å². The first kappa shape index (κ1) is 70.8. The molecule has 82 heavy (non-hydrogen) atoms. The van der Waals surface area contributed by atoms with Gasteiger partial charge in [-0.25, -0.2) is 4.79 Å². The normalized spacial score (nSPS) is 21.8. The monoisotopic (exact) mass is 1160 g/mol. The molecule has 1 aromatic rings. The van der Waals surface area contributed by atoms with Gasteiger partial charge >= 0.3 is 5.97 Å². The van der Waals surface area contributed by atoms with Gasteiger partial charge in [0.1, 0.15) is 66.5 Å². The quantitative estimate of drug-likeness (QED) is 0.0343. The van der Waals surface area contributed by atoms with Crippen LogP contribution in [0.3, 0.4) is 0 Å². The number of benzene rings is 1. The molecular weight excluding hydrogens is 1070 g/mol. The number of aliphatic hydroxyl groups excluding tert-OH is 2. The molecule has 460 valence electrons. The highest BCUT2D eigenvalue weighted by Crippen LogP contribution is 2.17. The zero-order valence-corrected chi connectivity index (χ0v) is 49.3. The van der Waals surface area contributed by atoms with Crippen molar-refractivity contribution in [2.45, 2.75) is 194 Å². The number of carbonyl (C=O) groups is 12. The standard InChI is InChI=1S/C55H90N12O15/c1-13-27(5)40(64-48(74)36(57-12)24-34-20-18-17-19-21-34)51(77)61-37(25-68)49(75)60-35(22-23-39(56)70)47(73)63-42(29(7)15-3)53(79)65-41(28(6)14-2)52(78)62-38(26-69)50(76)67-44-33(11)82-55(81)43(30(8)16-4)66-46(72)32(10)58-45(71)31(9)59-54(44)80/h17-21,27-33,35-38,40-44,57,68-69H,13-16,22-26H2,1-12H3,(H2,56,70)(H,58,71)(H,59,80)(H,60,75)(H,61,77)(H,62,78)(H,63,73)(H,64,74)(H,65,79)(H,66,72)(H,67,76)/t27-,28-,29+,30-,31-,32-,33-,35+,36+,37-,38-,40-,41-,42+,43-,44+/m0/s1. The number of nitrogens with two attached hydrogens (primary N) is 1. The van der Waals surface area contributed by atoms with E-state index in [2.05, 4.69) is 58.5 Å². The molecule has 1 aromatic carbocycles. The van der Waals surface area contributed by atoms with E-state index >= 15 is 0 Å². The Hall–Kier alpha value is -7.26. The Bertz CT molecular complexity index is 2360. The Morgan fingerprint density at radius 2 is 0.976 bits per heavy atom. The predicted octanol–water partition coefficient (Wildman–Crippen LogP) is -2.92. The highest BCUT2D eigenvalue weighted by molar-refractivity contribution is 5.99. The Kier molecular flexibility index (Phi) is 30.1. The SMILES string of the molecule is CC[C@@H](C)[C@@H](NC(=O)[C@@H](CCC(N)=O)NC(=O)[C@H](CO)NC(=O)[C@@H](NC(=O)[C@@H](Cc1ccccc1)NC)[C@@H](C)CC)C(=O)N[C@H](C(=O)N[C@@H](CO)C(=O)N[C@H]1C(=O)N[C@@H](C)C(=O)N[C@@H](C)C(=O)N[C@@H]([C@@H](C)CC)C(=O)O[C@H]1C)[C@@H](C)CC. The van der Waals surface area contributed by atoms with Crippen LogP contribution in [0, 0.1) is 23.7 Å². The summed E-state index contributed by atoms with van der Waals surface area (Å²) >= 11 is 0. The number of nitrogens with one attached hydrogen (secondary N) is 11. The first-order valence-corrected chi connectivity index (χ1v) is 28.1. The average molecular weight is 1160 g/mol. The Balaban J connectivity index is 2.38. The molecule has 0 saturated carbocycles. The number of hydrogen-bond donors (Lipinski definition) is 14.